The fourth-order valence-corrected chi connectivity index (χ4v) is 4.80. The van der Waals surface area contributed by atoms with Gasteiger partial charge < -0.3 is 19.9 Å². The Hall–Kier alpha value is -1.75. The zero-order valence-corrected chi connectivity index (χ0v) is 16.7. The Balaban J connectivity index is 1.38. The topological polar surface area (TPSA) is 40.1 Å². The van der Waals surface area contributed by atoms with Crippen molar-refractivity contribution in [3.63, 3.8) is 0 Å². The molecule has 0 radical (unpaired) electrons. The van der Waals surface area contributed by atoms with Gasteiger partial charge in [-0.1, -0.05) is 25.0 Å². The number of ether oxygens (including phenoxy) is 1. The number of hydrogen-bond acceptors (Lipinski definition) is 3. The first-order valence-electron chi connectivity index (χ1n) is 10.8. The van der Waals surface area contributed by atoms with Crippen molar-refractivity contribution in [2.75, 3.05) is 50.8 Å². The fourth-order valence-electron chi connectivity index (χ4n) is 4.80. The van der Waals surface area contributed by atoms with Crippen molar-refractivity contribution in [3.8, 4) is 0 Å². The van der Waals surface area contributed by atoms with E-state index in [1.807, 2.05) is 0 Å². The third-order valence-corrected chi connectivity index (χ3v) is 6.33. The van der Waals surface area contributed by atoms with Gasteiger partial charge in [-0.2, -0.15) is 0 Å². The van der Waals surface area contributed by atoms with Crippen molar-refractivity contribution in [3.05, 3.63) is 29.8 Å². The maximum absolute atomic E-state index is 5.45. The molecule has 2 unspecified atom stereocenters. The van der Waals surface area contributed by atoms with Crippen molar-refractivity contribution in [2.45, 2.75) is 39.2 Å². The number of nitrogens with zero attached hydrogens (tertiary/aromatic N) is 3. The molecule has 0 aromatic heterocycles. The second-order valence-corrected chi connectivity index (χ2v) is 8.15. The van der Waals surface area contributed by atoms with Gasteiger partial charge in [-0.3, -0.25) is 0 Å². The summed E-state index contributed by atoms with van der Waals surface area (Å²) in [6.45, 7) is 9.84. The molecule has 4 rings (SSSR count). The molecule has 1 aliphatic carbocycles. The maximum Gasteiger partial charge on any atom is 0.194 e. The number of guanidine groups is 1. The molecule has 2 aliphatic heterocycles. The number of likely N-dealkylation sites (tertiary alicyclic amines) is 1. The van der Waals surface area contributed by atoms with Crippen molar-refractivity contribution in [1.29, 1.82) is 0 Å². The van der Waals surface area contributed by atoms with E-state index in [1.54, 1.807) is 0 Å². The molecule has 3 aliphatic rings. The van der Waals surface area contributed by atoms with Crippen molar-refractivity contribution in [1.82, 2.24) is 10.2 Å². The summed E-state index contributed by atoms with van der Waals surface area (Å²) in [6.07, 6.45) is 5.64. The van der Waals surface area contributed by atoms with E-state index < -0.39 is 0 Å². The van der Waals surface area contributed by atoms with E-state index in [0.717, 1.165) is 57.2 Å². The number of aliphatic imine (C=N–C) groups is 1. The first-order valence-corrected chi connectivity index (χ1v) is 10.8. The van der Waals surface area contributed by atoms with Crippen LogP contribution in [-0.2, 0) is 11.3 Å². The molecule has 2 atom stereocenters. The van der Waals surface area contributed by atoms with Gasteiger partial charge in [-0.05, 0) is 49.3 Å². The predicted octanol–water partition coefficient (Wildman–Crippen LogP) is 3.11. The molecule has 1 saturated carbocycles. The van der Waals surface area contributed by atoms with Crippen LogP contribution in [0.5, 0.6) is 0 Å². The largest absolute Gasteiger partial charge is 0.378 e. The minimum atomic E-state index is 0.748. The van der Waals surface area contributed by atoms with Crippen molar-refractivity contribution >= 4 is 11.6 Å². The quantitative estimate of drug-likeness (QED) is 0.653. The zero-order chi connectivity index (χ0) is 18.5. The number of rotatable bonds is 4. The number of hydrogen-bond donors (Lipinski definition) is 1. The van der Waals surface area contributed by atoms with Crippen LogP contribution >= 0.6 is 0 Å². The average Bonchev–Trinajstić information content (AvgIpc) is 3.16. The van der Waals surface area contributed by atoms with Gasteiger partial charge in [0.25, 0.3) is 0 Å². The lowest BCUT2D eigenvalue weighted by Gasteiger charge is -2.28. The summed E-state index contributed by atoms with van der Waals surface area (Å²) >= 11 is 0. The van der Waals surface area contributed by atoms with Gasteiger partial charge in [0.1, 0.15) is 0 Å². The first kappa shape index (κ1) is 18.6. The SMILES string of the molecule is CCNC(=NCc1ccc(N2CCOCC2)cc1)N1CC2CCCCC2C1. The van der Waals surface area contributed by atoms with E-state index in [4.69, 9.17) is 9.73 Å². The Labute approximate surface area is 163 Å². The highest BCUT2D eigenvalue weighted by Gasteiger charge is 2.35. The normalized spacial score (nSPS) is 26.2. The summed E-state index contributed by atoms with van der Waals surface area (Å²) in [5.74, 6) is 2.87. The van der Waals surface area contributed by atoms with Gasteiger partial charge in [0, 0.05) is 38.4 Å². The summed E-state index contributed by atoms with van der Waals surface area (Å²) < 4.78 is 5.45. The summed E-state index contributed by atoms with van der Waals surface area (Å²) in [5, 5.41) is 3.52. The number of fused-ring (bicyclic) bond motifs is 1. The van der Waals surface area contributed by atoms with Crippen LogP contribution in [0.1, 0.15) is 38.2 Å². The summed E-state index contributed by atoms with van der Waals surface area (Å²) in [5.41, 5.74) is 2.57. The molecule has 0 amide bonds. The highest BCUT2D eigenvalue weighted by atomic mass is 16.5. The lowest BCUT2D eigenvalue weighted by Crippen LogP contribution is -2.40. The van der Waals surface area contributed by atoms with Gasteiger partial charge in [0.2, 0.25) is 0 Å². The van der Waals surface area contributed by atoms with E-state index in [9.17, 15) is 0 Å². The Bertz CT molecular complexity index is 610. The van der Waals surface area contributed by atoms with Crippen molar-refractivity contribution in [2.24, 2.45) is 16.8 Å². The minimum Gasteiger partial charge on any atom is -0.378 e. The molecule has 2 heterocycles. The first-order chi connectivity index (χ1) is 13.3. The predicted molar refractivity (Wildman–Crippen MR) is 111 cm³/mol. The van der Waals surface area contributed by atoms with Gasteiger partial charge in [0.05, 0.1) is 19.8 Å². The van der Waals surface area contributed by atoms with Gasteiger partial charge in [-0.25, -0.2) is 4.99 Å². The molecule has 1 aromatic rings. The number of morpholine rings is 1. The molecule has 5 heteroatoms. The number of benzene rings is 1. The Kier molecular flexibility index (Phi) is 6.17. The van der Waals surface area contributed by atoms with Crippen LogP contribution in [0.4, 0.5) is 5.69 Å². The van der Waals surface area contributed by atoms with Crippen LogP contribution in [0.25, 0.3) is 0 Å². The molecule has 1 N–H and O–H groups in total. The Morgan fingerprint density at radius 2 is 1.74 bits per heavy atom. The molecule has 3 fully saturated rings. The monoisotopic (exact) mass is 370 g/mol. The second kappa shape index (κ2) is 8.96. The molecule has 0 bridgehead atoms. The minimum absolute atomic E-state index is 0.748. The Morgan fingerprint density at radius 3 is 2.37 bits per heavy atom. The van der Waals surface area contributed by atoms with Crippen molar-refractivity contribution < 1.29 is 4.74 Å². The van der Waals surface area contributed by atoms with E-state index in [-0.39, 0.29) is 0 Å². The molecule has 148 valence electrons. The van der Waals surface area contributed by atoms with Crippen LogP contribution in [0, 0.1) is 11.8 Å². The van der Waals surface area contributed by atoms with Crippen LogP contribution in [0.3, 0.4) is 0 Å². The molecule has 27 heavy (non-hydrogen) atoms. The van der Waals surface area contributed by atoms with Gasteiger partial charge in [0.15, 0.2) is 5.96 Å². The third-order valence-electron chi connectivity index (χ3n) is 6.33. The average molecular weight is 371 g/mol. The van der Waals surface area contributed by atoms with Crippen LogP contribution < -0.4 is 10.2 Å². The molecular weight excluding hydrogens is 336 g/mol. The molecule has 2 saturated heterocycles. The zero-order valence-electron chi connectivity index (χ0n) is 16.7. The summed E-state index contributed by atoms with van der Waals surface area (Å²) in [4.78, 5) is 9.87. The van der Waals surface area contributed by atoms with E-state index in [2.05, 4.69) is 46.3 Å². The highest BCUT2D eigenvalue weighted by molar-refractivity contribution is 5.80. The van der Waals surface area contributed by atoms with Crippen LogP contribution in [0.15, 0.2) is 29.3 Å². The Morgan fingerprint density at radius 1 is 1.07 bits per heavy atom. The fraction of sp³-hybridized carbons (Fsp3) is 0.682. The molecule has 5 nitrogen and oxygen atoms in total. The summed E-state index contributed by atoms with van der Waals surface area (Å²) in [6, 6.07) is 8.91. The van der Waals surface area contributed by atoms with Gasteiger partial charge >= 0.3 is 0 Å². The standard InChI is InChI=1S/C22H34N4O/c1-2-23-22(26-16-19-5-3-4-6-20(19)17-26)24-15-18-7-9-21(10-8-18)25-11-13-27-14-12-25/h7-10,19-20H,2-6,11-17H2,1H3,(H,23,24). The number of anilines is 1. The molecule has 0 spiro atoms. The smallest absolute Gasteiger partial charge is 0.194 e. The molecule has 1 aromatic carbocycles. The maximum atomic E-state index is 5.45. The van der Waals surface area contributed by atoms with E-state index >= 15 is 0 Å². The highest BCUT2D eigenvalue weighted by Crippen LogP contribution is 2.36. The summed E-state index contributed by atoms with van der Waals surface area (Å²) in [7, 11) is 0. The third kappa shape index (κ3) is 4.57. The van der Waals surface area contributed by atoms with E-state index in [1.165, 1.54) is 50.0 Å². The van der Waals surface area contributed by atoms with Gasteiger partial charge in [-0.15, -0.1) is 0 Å². The number of nitrogens with one attached hydrogen (secondary N) is 1. The van der Waals surface area contributed by atoms with Crippen LogP contribution in [-0.4, -0.2) is 56.8 Å². The van der Waals surface area contributed by atoms with E-state index in [0.29, 0.717) is 0 Å². The molecular formula is C22H34N4O. The van der Waals surface area contributed by atoms with Crippen LogP contribution in [0.2, 0.25) is 0 Å². The lowest BCUT2D eigenvalue weighted by atomic mass is 9.82. The lowest BCUT2D eigenvalue weighted by molar-refractivity contribution is 0.122. The second-order valence-electron chi connectivity index (χ2n) is 8.15.